The van der Waals surface area contributed by atoms with Gasteiger partial charge in [-0.3, -0.25) is 4.79 Å². The predicted molar refractivity (Wildman–Crippen MR) is 77.9 cm³/mol. The summed E-state index contributed by atoms with van der Waals surface area (Å²) in [6.45, 7) is 0.701. The van der Waals surface area contributed by atoms with Crippen molar-refractivity contribution < 1.29 is 9.53 Å². The largest absolute Gasteiger partial charge is 0.385 e. The van der Waals surface area contributed by atoms with Crippen molar-refractivity contribution in [3.05, 3.63) is 43.0 Å². The number of hydrogen-bond donors (Lipinski definition) is 1. The Kier molecular flexibility index (Phi) is 5.32. The van der Waals surface area contributed by atoms with Crippen LogP contribution < -0.4 is 5.32 Å². The second kappa shape index (κ2) is 7.45. The van der Waals surface area contributed by atoms with Gasteiger partial charge in [-0.15, -0.1) is 0 Å². The first-order chi connectivity index (χ1) is 9.79. The van der Waals surface area contributed by atoms with Crippen molar-refractivity contribution in [2.75, 3.05) is 19.0 Å². The van der Waals surface area contributed by atoms with Gasteiger partial charge in [-0.1, -0.05) is 0 Å². The first-order valence-electron chi connectivity index (χ1n) is 6.67. The first-order valence-corrected chi connectivity index (χ1v) is 6.67. The van der Waals surface area contributed by atoms with Gasteiger partial charge in [-0.25, -0.2) is 4.98 Å². The molecule has 1 heterocycles. The molecule has 5 nitrogen and oxygen atoms in total. The van der Waals surface area contributed by atoms with E-state index in [1.807, 2.05) is 35.0 Å². The molecule has 2 rings (SSSR count). The van der Waals surface area contributed by atoms with Crippen LogP contribution in [-0.4, -0.2) is 29.2 Å². The number of rotatable bonds is 7. The summed E-state index contributed by atoms with van der Waals surface area (Å²) >= 11 is 0. The zero-order valence-electron chi connectivity index (χ0n) is 11.6. The van der Waals surface area contributed by atoms with E-state index in [1.165, 1.54) is 0 Å². The maximum atomic E-state index is 11.7. The summed E-state index contributed by atoms with van der Waals surface area (Å²) in [7, 11) is 1.67. The van der Waals surface area contributed by atoms with E-state index >= 15 is 0 Å². The van der Waals surface area contributed by atoms with Gasteiger partial charge in [0.05, 0.1) is 6.33 Å². The molecule has 1 amide bonds. The van der Waals surface area contributed by atoms with Crippen LogP contribution in [0.1, 0.15) is 19.3 Å². The average Bonchev–Trinajstić information content (AvgIpc) is 2.99. The van der Waals surface area contributed by atoms with E-state index in [0.29, 0.717) is 13.0 Å². The maximum absolute atomic E-state index is 11.7. The highest BCUT2D eigenvalue weighted by Crippen LogP contribution is 2.13. The number of ether oxygens (including phenoxy) is 1. The normalized spacial score (nSPS) is 10.4. The lowest BCUT2D eigenvalue weighted by Gasteiger charge is -2.07. The molecule has 5 heteroatoms. The van der Waals surface area contributed by atoms with Gasteiger partial charge < -0.3 is 14.6 Å². The second-order valence-electron chi connectivity index (χ2n) is 4.51. The molecule has 0 atom stereocenters. The van der Waals surface area contributed by atoms with Crippen molar-refractivity contribution in [2.24, 2.45) is 0 Å². The van der Waals surface area contributed by atoms with E-state index in [-0.39, 0.29) is 5.91 Å². The summed E-state index contributed by atoms with van der Waals surface area (Å²) in [5.74, 6) is 0.0384. The lowest BCUT2D eigenvalue weighted by molar-refractivity contribution is -0.116. The molecular weight excluding hydrogens is 254 g/mol. The molecule has 1 N–H and O–H groups in total. The number of nitrogens with zero attached hydrogens (tertiary/aromatic N) is 2. The van der Waals surface area contributed by atoms with E-state index < -0.39 is 0 Å². The van der Waals surface area contributed by atoms with Gasteiger partial charge in [-0.2, -0.15) is 0 Å². The summed E-state index contributed by atoms with van der Waals surface area (Å²) < 4.78 is 6.86. The number of methoxy groups -OCH3 is 1. The summed E-state index contributed by atoms with van der Waals surface area (Å²) in [5.41, 5.74) is 1.83. The number of amides is 1. The molecule has 106 valence electrons. The Labute approximate surface area is 118 Å². The van der Waals surface area contributed by atoms with Crippen molar-refractivity contribution in [3.63, 3.8) is 0 Å². The zero-order chi connectivity index (χ0) is 14.2. The Hall–Kier alpha value is -2.14. The quantitative estimate of drug-likeness (QED) is 0.789. The second-order valence-corrected chi connectivity index (χ2v) is 4.51. The van der Waals surface area contributed by atoms with E-state index in [1.54, 1.807) is 19.6 Å². The van der Waals surface area contributed by atoms with Crippen LogP contribution in [0.15, 0.2) is 43.0 Å². The zero-order valence-corrected chi connectivity index (χ0v) is 11.6. The minimum atomic E-state index is 0.0384. The summed E-state index contributed by atoms with van der Waals surface area (Å²) in [4.78, 5) is 15.7. The molecule has 0 saturated carbocycles. The molecule has 0 aliphatic heterocycles. The fourth-order valence-electron chi connectivity index (χ4n) is 1.88. The molecule has 1 aromatic heterocycles. The Morgan fingerprint density at radius 2 is 2.10 bits per heavy atom. The Bertz CT molecular complexity index is 521. The molecule has 0 unspecified atom stereocenters. The van der Waals surface area contributed by atoms with Crippen LogP contribution in [0.3, 0.4) is 0 Å². The smallest absolute Gasteiger partial charge is 0.224 e. The highest BCUT2D eigenvalue weighted by Gasteiger charge is 2.02. The molecule has 0 fully saturated rings. The van der Waals surface area contributed by atoms with Crippen molar-refractivity contribution >= 4 is 11.6 Å². The first kappa shape index (κ1) is 14.3. The summed E-state index contributed by atoms with van der Waals surface area (Å²) in [5, 5.41) is 2.89. The van der Waals surface area contributed by atoms with Gasteiger partial charge in [0.1, 0.15) is 0 Å². The molecule has 0 bridgehead atoms. The van der Waals surface area contributed by atoms with E-state index in [4.69, 9.17) is 4.74 Å². The molecule has 0 spiro atoms. The lowest BCUT2D eigenvalue weighted by Crippen LogP contribution is -2.11. The fraction of sp³-hybridized carbons (Fsp3) is 0.333. The topological polar surface area (TPSA) is 56.1 Å². The number of anilines is 1. The molecule has 0 aliphatic rings. The third kappa shape index (κ3) is 4.20. The van der Waals surface area contributed by atoms with Crippen molar-refractivity contribution in [1.82, 2.24) is 9.55 Å². The Morgan fingerprint density at radius 1 is 1.30 bits per heavy atom. The predicted octanol–water partition coefficient (Wildman–Crippen LogP) is 2.63. The molecule has 20 heavy (non-hydrogen) atoms. The monoisotopic (exact) mass is 273 g/mol. The maximum Gasteiger partial charge on any atom is 0.224 e. The molecule has 1 aromatic carbocycles. The van der Waals surface area contributed by atoms with E-state index in [2.05, 4.69) is 10.3 Å². The van der Waals surface area contributed by atoms with Crippen molar-refractivity contribution in [1.29, 1.82) is 0 Å². The van der Waals surface area contributed by atoms with Gasteiger partial charge >= 0.3 is 0 Å². The SMILES string of the molecule is COCCCCC(=O)Nc1ccc(-n2ccnc2)cc1. The number of benzene rings is 1. The third-order valence-corrected chi connectivity index (χ3v) is 2.96. The van der Waals surface area contributed by atoms with Gasteiger partial charge in [0.15, 0.2) is 0 Å². The number of imidazole rings is 1. The summed E-state index contributed by atoms with van der Waals surface area (Å²) in [6, 6.07) is 7.68. The van der Waals surface area contributed by atoms with Crippen molar-refractivity contribution in [3.8, 4) is 5.69 Å². The molecule has 2 aromatic rings. The highest BCUT2D eigenvalue weighted by molar-refractivity contribution is 5.90. The van der Waals surface area contributed by atoms with Crippen LogP contribution in [-0.2, 0) is 9.53 Å². The van der Waals surface area contributed by atoms with Crippen LogP contribution in [0.25, 0.3) is 5.69 Å². The van der Waals surface area contributed by atoms with Gasteiger partial charge in [0.25, 0.3) is 0 Å². The molecule has 0 radical (unpaired) electrons. The lowest BCUT2D eigenvalue weighted by atomic mass is 10.2. The minimum absolute atomic E-state index is 0.0384. The van der Waals surface area contributed by atoms with Crippen LogP contribution in [0, 0.1) is 0 Å². The minimum Gasteiger partial charge on any atom is -0.385 e. The number of carbonyl (C=O) groups is 1. The highest BCUT2D eigenvalue weighted by atomic mass is 16.5. The molecule has 0 saturated heterocycles. The van der Waals surface area contributed by atoms with Crippen molar-refractivity contribution in [2.45, 2.75) is 19.3 Å². The van der Waals surface area contributed by atoms with E-state index in [0.717, 1.165) is 24.2 Å². The van der Waals surface area contributed by atoms with Gasteiger partial charge in [0.2, 0.25) is 5.91 Å². The fourth-order valence-corrected chi connectivity index (χ4v) is 1.88. The van der Waals surface area contributed by atoms with Crippen LogP contribution in [0.5, 0.6) is 0 Å². The standard InChI is InChI=1S/C15H19N3O2/c1-20-11-3-2-4-15(19)17-13-5-7-14(8-6-13)18-10-9-16-12-18/h5-10,12H,2-4,11H2,1H3,(H,17,19). The van der Waals surface area contributed by atoms with Gasteiger partial charge in [-0.05, 0) is 37.1 Å². The number of nitrogens with one attached hydrogen (secondary N) is 1. The number of aromatic nitrogens is 2. The van der Waals surface area contributed by atoms with Crippen LogP contribution in [0.4, 0.5) is 5.69 Å². The number of carbonyl (C=O) groups excluding carboxylic acids is 1. The number of unbranched alkanes of at least 4 members (excludes halogenated alkanes) is 1. The Morgan fingerprint density at radius 3 is 2.75 bits per heavy atom. The third-order valence-electron chi connectivity index (χ3n) is 2.96. The number of hydrogen-bond acceptors (Lipinski definition) is 3. The summed E-state index contributed by atoms with van der Waals surface area (Å²) in [6.07, 6.45) is 7.62. The molecular formula is C15H19N3O2. The average molecular weight is 273 g/mol. The van der Waals surface area contributed by atoms with Gasteiger partial charge in [0, 0.05) is 43.9 Å². The molecule has 0 aliphatic carbocycles. The van der Waals surface area contributed by atoms with Crippen LogP contribution >= 0.6 is 0 Å². The van der Waals surface area contributed by atoms with E-state index in [9.17, 15) is 4.79 Å². The Balaban J connectivity index is 1.83. The van der Waals surface area contributed by atoms with Crippen LogP contribution in [0.2, 0.25) is 0 Å².